The first-order chi connectivity index (χ1) is 10.7. The molecule has 0 aliphatic carbocycles. The summed E-state index contributed by atoms with van der Waals surface area (Å²) in [5.74, 6) is 1.94. The Labute approximate surface area is 132 Å². The van der Waals surface area contributed by atoms with Gasteiger partial charge in [-0.05, 0) is 35.4 Å². The predicted molar refractivity (Wildman–Crippen MR) is 90.8 cm³/mol. The summed E-state index contributed by atoms with van der Waals surface area (Å²) in [5.41, 5.74) is 3.76. The van der Waals surface area contributed by atoms with E-state index in [2.05, 4.69) is 66.5 Å². The molecule has 5 rings (SSSR count). The Hall–Kier alpha value is -2.39. The molecule has 0 atom stereocenters. The number of thiophene rings is 1. The molecule has 4 aromatic rings. The second-order valence-electron chi connectivity index (χ2n) is 5.83. The van der Waals surface area contributed by atoms with Crippen molar-refractivity contribution in [2.75, 3.05) is 0 Å². The summed E-state index contributed by atoms with van der Waals surface area (Å²) in [6.45, 7) is 2.18. The molecular formula is C19H14NOS+. The topological polar surface area (TPSA) is 13.1 Å². The van der Waals surface area contributed by atoms with Crippen LogP contribution < -0.4 is 9.30 Å². The third kappa shape index (κ3) is 1.41. The maximum Gasteiger partial charge on any atom is 0.257 e. The Morgan fingerprint density at radius 3 is 2.91 bits per heavy atom. The standard InChI is InChI=1S/C19H14NOS/c1-11-6-7-12-4-3-5-14-17(12)16(11)18-19(21-14)13-8-9-22-15(13)10-20(18)2/h3-10H,1-2H3/q+1. The highest BCUT2D eigenvalue weighted by atomic mass is 32.1. The van der Waals surface area contributed by atoms with Crippen molar-refractivity contribution in [3.8, 4) is 22.8 Å². The van der Waals surface area contributed by atoms with E-state index >= 15 is 0 Å². The number of nitrogens with zero attached hydrogens (tertiary/aromatic N) is 1. The number of benzene rings is 2. The maximum absolute atomic E-state index is 6.34. The number of fused-ring (bicyclic) bond motifs is 4. The van der Waals surface area contributed by atoms with Gasteiger partial charge in [0.25, 0.3) is 5.69 Å². The molecule has 3 heterocycles. The third-order valence-corrected chi connectivity index (χ3v) is 5.33. The van der Waals surface area contributed by atoms with E-state index < -0.39 is 0 Å². The highest BCUT2D eigenvalue weighted by Gasteiger charge is 2.31. The first-order valence-corrected chi connectivity index (χ1v) is 8.22. The number of rotatable bonds is 0. The molecule has 0 radical (unpaired) electrons. The molecule has 3 heteroatoms. The third-order valence-electron chi connectivity index (χ3n) is 4.48. The first-order valence-electron chi connectivity index (χ1n) is 7.34. The molecule has 1 aliphatic rings. The van der Waals surface area contributed by atoms with E-state index in [0.717, 1.165) is 11.5 Å². The number of hydrogen-bond donors (Lipinski definition) is 0. The Bertz CT molecular complexity index is 1080. The summed E-state index contributed by atoms with van der Waals surface area (Å²) in [6, 6.07) is 12.8. The molecular weight excluding hydrogens is 290 g/mol. The van der Waals surface area contributed by atoms with Gasteiger partial charge in [0.2, 0.25) is 5.75 Å². The van der Waals surface area contributed by atoms with Crippen LogP contribution in [0.1, 0.15) is 5.56 Å². The van der Waals surface area contributed by atoms with E-state index in [1.165, 1.54) is 37.7 Å². The number of hydrogen-bond acceptors (Lipinski definition) is 2. The zero-order valence-corrected chi connectivity index (χ0v) is 13.2. The SMILES string of the molecule is Cc1ccc2cccc3c2c1-c1c(c2ccsc2c[n+]1C)O3. The Kier molecular flexibility index (Phi) is 2.26. The molecule has 0 N–H and O–H groups in total. The van der Waals surface area contributed by atoms with Crippen molar-refractivity contribution in [1.82, 2.24) is 0 Å². The van der Waals surface area contributed by atoms with Crippen LogP contribution in [0, 0.1) is 6.92 Å². The van der Waals surface area contributed by atoms with Crippen LogP contribution in [-0.2, 0) is 7.05 Å². The van der Waals surface area contributed by atoms with Crippen LogP contribution in [-0.4, -0.2) is 0 Å². The highest BCUT2D eigenvalue weighted by molar-refractivity contribution is 7.17. The summed E-state index contributed by atoms with van der Waals surface area (Å²) < 4.78 is 9.80. The second kappa shape index (κ2) is 4.08. The van der Waals surface area contributed by atoms with Gasteiger partial charge in [0.05, 0.1) is 5.56 Å². The Balaban J connectivity index is 2.06. The minimum absolute atomic E-state index is 0.961. The van der Waals surface area contributed by atoms with Crippen LogP contribution in [0.4, 0.5) is 0 Å². The molecule has 2 aromatic heterocycles. The van der Waals surface area contributed by atoms with Gasteiger partial charge in [-0.25, -0.2) is 0 Å². The molecule has 106 valence electrons. The molecule has 0 amide bonds. The van der Waals surface area contributed by atoms with Gasteiger partial charge in [0, 0.05) is 10.8 Å². The lowest BCUT2D eigenvalue weighted by atomic mass is 9.93. The number of aryl methyl sites for hydroxylation is 2. The van der Waals surface area contributed by atoms with Crippen LogP contribution >= 0.6 is 11.3 Å². The van der Waals surface area contributed by atoms with Gasteiger partial charge in [-0.1, -0.05) is 24.3 Å². The van der Waals surface area contributed by atoms with Gasteiger partial charge >= 0.3 is 0 Å². The van der Waals surface area contributed by atoms with Crippen LogP contribution in [0.5, 0.6) is 11.5 Å². The molecule has 0 fully saturated rings. The molecule has 0 saturated heterocycles. The van der Waals surface area contributed by atoms with Gasteiger partial charge in [-0.15, -0.1) is 11.3 Å². The first kappa shape index (κ1) is 12.2. The van der Waals surface area contributed by atoms with Gasteiger partial charge in [-0.2, -0.15) is 4.57 Å². The Morgan fingerprint density at radius 1 is 1.09 bits per heavy atom. The van der Waals surface area contributed by atoms with E-state index in [1.807, 2.05) is 0 Å². The minimum Gasteiger partial charge on any atom is -0.449 e. The second-order valence-corrected chi connectivity index (χ2v) is 6.78. The smallest absolute Gasteiger partial charge is 0.257 e. The van der Waals surface area contributed by atoms with Crippen LogP contribution in [0.15, 0.2) is 48.0 Å². The van der Waals surface area contributed by atoms with Crippen molar-refractivity contribution in [1.29, 1.82) is 0 Å². The maximum atomic E-state index is 6.34. The van der Waals surface area contributed by atoms with Gasteiger partial charge in [0.1, 0.15) is 17.5 Å². The van der Waals surface area contributed by atoms with Crippen molar-refractivity contribution in [3.05, 3.63) is 53.5 Å². The molecule has 0 bridgehead atoms. The van der Waals surface area contributed by atoms with Crippen LogP contribution in [0.25, 0.3) is 32.1 Å². The van der Waals surface area contributed by atoms with Gasteiger partial charge in [-0.3, -0.25) is 0 Å². The predicted octanol–water partition coefficient (Wildman–Crippen LogP) is 4.96. The van der Waals surface area contributed by atoms with E-state index in [1.54, 1.807) is 11.3 Å². The molecule has 22 heavy (non-hydrogen) atoms. The van der Waals surface area contributed by atoms with Crippen molar-refractivity contribution < 1.29 is 9.30 Å². The number of aromatic nitrogens is 1. The monoisotopic (exact) mass is 304 g/mol. The zero-order valence-electron chi connectivity index (χ0n) is 12.4. The fourth-order valence-corrected chi connectivity index (χ4v) is 4.34. The minimum atomic E-state index is 0.961. The van der Waals surface area contributed by atoms with E-state index in [4.69, 9.17) is 4.74 Å². The zero-order chi connectivity index (χ0) is 14.8. The summed E-state index contributed by atoms with van der Waals surface area (Å²) >= 11 is 1.75. The summed E-state index contributed by atoms with van der Waals surface area (Å²) in [6.07, 6.45) is 2.20. The van der Waals surface area contributed by atoms with Crippen molar-refractivity contribution in [2.24, 2.45) is 7.05 Å². The van der Waals surface area contributed by atoms with Gasteiger partial charge < -0.3 is 4.74 Å². The van der Waals surface area contributed by atoms with E-state index in [0.29, 0.717) is 0 Å². The molecule has 0 saturated carbocycles. The number of pyridine rings is 1. The molecule has 2 aromatic carbocycles. The normalized spacial score (nSPS) is 12.5. The van der Waals surface area contributed by atoms with Crippen molar-refractivity contribution in [2.45, 2.75) is 6.92 Å². The quantitative estimate of drug-likeness (QED) is 0.369. The molecule has 1 aliphatic heterocycles. The summed E-state index contributed by atoms with van der Waals surface area (Å²) in [7, 11) is 2.10. The fourth-order valence-electron chi connectivity index (χ4n) is 3.48. The average molecular weight is 304 g/mol. The molecule has 0 unspecified atom stereocenters. The number of ether oxygens (including phenoxy) is 1. The van der Waals surface area contributed by atoms with Crippen LogP contribution in [0.3, 0.4) is 0 Å². The van der Waals surface area contributed by atoms with Crippen molar-refractivity contribution in [3.63, 3.8) is 0 Å². The highest BCUT2D eigenvalue weighted by Crippen LogP contribution is 2.49. The van der Waals surface area contributed by atoms with E-state index in [-0.39, 0.29) is 0 Å². The van der Waals surface area contributed by atoms with Crippen LogP contribution in [0.2, 0.25) is 0 Å². The molecule has 0 spiro atoms. The van der Waals surface area contributed by atoms with Crippen molar-refractivity contribution >= 4 is 32.2 Å². The summed E-state index contributed by atoms with van der Waals surface area (Å²) in [4.78, 5) is 0. The largest absolute Gasteiger partial charge is 0.449 e. The lowest BCUT2D eigenvalue weighted by Crippen LogP contribution is -2.32. The summed E-state index contributed by atoms with van der Waals surface area (Å²) in [5, 5.41) is 5.78. The van der Waals surface area contributed by atoms with Gasteiger partial charge in [0.15, 0.2) is 6.20 Å². The van der Waals surface area contributed by atoms with E-state index in [9.17, 15) is 0 Å². The Morgan fingerprint density at radius 2 is 2.00 bits per heavy atom. The molecule has 2 nitrogen and oxygen atoms in total. The average Bonchev–Trinajstić information content (AvgIpc) is 2.98. The lowest BCUT2D eigenvalue weighted by molar-refractivity contribution is -0.659. The fraction of sp³-hybridized carbons (Fsp3) is 0.105. The lowest BCUT2D eigenvalue weighted by Gasteiger charge is -2.21.